The highest BCUT2D eigenvalue weighted by atomic mass is 35.5. The van der Waals surface area contributed by atoms with E-state index in [2.05, 4.69) is 23.3 Å². The van der Waals surface area contributed by atoms with Crippen molar-refractivity contribution >= 4 is 17.3 Å². The molecule has 96 valence electrons. The summed E-state index contributed by atoms with van der Waals surface area (Å²) in [7, 11) is 2.06. The molecule has 0 aromatic heterocycles. The fraction of sp³-hybridized carbons (Fsp3) is 0.500. The molecule has 4 heteroatoms. The molecule has 1 N–H and O–H groups in total. The Hall–Kier alpha value is -1.24. The van der Waals surface area contributed by atoms with Crippen LogP contribution < -0.4 is 10.2 Å². The van der Waals surface area contributed by atoms with Crippen LogP contribution in [0.15, 0.2) is 18.2 Å². The average molecular weight is 264 g/mol. The minimum absolute atomic E-state index is 0.477. The predicted octanol–water partition coefficient (Wildman–Crippen LogP) is 2.79. The number of hydrogen-bond donors (Lipinski definition) is 1. The molecule has 1 unspecified atom stereocenters. The maximum Gasteiger partial charge on any atom is 0.103 e. The first-order valence-corrected chi connectivity index (χ1v) is 6.74. The maximum absolute atomic E-state index is 9.23. The second-order valence-electron chi connectivity index (χ2n) is 4.69. The van der Waals surface area contributed by atoms with Gasteiger partial charge in [-0.1, -0.05) is 17.7 Å². The zero-order valence-electron chi connectivity index (χ0n) is 10.6. The van der Waals surface area contributed by atoms with E-state index < -0.39 is 0 Å². The number of hydrogen-bond acceptors (Lipinski definition) is 3. The van der Waals surface area contributed by atoms with Gasteiger partial charge in [0.1, 0.15) is 6.07 Å². The quantitative estimate of drug-likeness (QED) is 0.892. The Morgan fingerprint density at radius 3 is 3.00 bits per heavy atom. The minimum atomic E-state index is 0.477. The molecule has 0 radical (unpaired) electrons. The molecule has 0 bridgehead atoms. The lowest BCUT2D eigenvalue weighted by molar-refractivity contribution is 0.566. The molecule has 1 aromatic carbocycles. The lowest BCUT2D eigenvalue weighted by Gasteiger charge is -2.30. The van der Waals surface area contributed by atoms with Crippen molar-refractivity contribution in [3.8, 4) is 6.07 Å². The molecular weight excluding hydrogens is 246 g/mol. The lowest BCUT2D eigenvalue weighted by atomic mass is 10.1. The summed E-state index contributed by atoms with van der Waals surface area (Å²) in [5.74, 6) is 0. The van der Waals surface area contributed by atoms with Gasteiger partial charge in [-0.05, 0) is 44.5 Å². The molecule has 0 spiro atoms. The number of rotatable bonds is 2. The van der Waals surface area contributed by atoms with Crippen LogP contribution in [0.3, 0.4) is 0 Å². The average Bonchev–Trinajstić information content (AvgIpc) is 2.66. The number of nitriles is 1. The molecule has 1 aliphatic heterocycles. The van der Waals surface area contributed by atoms with Gasteiger partial charge in [0.15, 0.2) is 0 Å². The zero-order chi connectivity index (χ0) is 13.0. The number of nitrogens with one attached hydrogen (secondary N) is 1. The van der Waals surface area contributed by atoms with E-state index in [1.54, 1.807) is 6.07 Å². The van der Waals surface area contributed by atoms with E-state index in [-0.39, 0.29) is 0 Å². The summed E-state index contributed by atoms with van der Waals surface area (Å²) in [6.45, 7) is 2.13. The predicted molar refractivity (Wildman–Crippen MR) is 75.1 cm³/mol. The van der Waals surface area contributed by atoms with Gasteiger partial charge in [-0.15, -0.1) is 0 Å². The van der Waals surface area contributed by atoms with Gasteiger partial charge >= 0.3 is 0 Å². The van der Waals surface area contributed by atoms with Crippen LogP contribution in [0.5, 0.6) is 0 Å². The van der Waals surface area contributed by atoms with Crippen molar-refractivity contribution < 1.29 is 0 Å². The number of benzene rings is 1. The molecule has 1 aliphatic rings. The van der Waals surface area contributed by atoms with Gasteiger partial charge in [-0.2, -0.15) is 5.26 Å². The highest BCUT2D eigenvalue weighted by Crippen LogP contribution is 2.29. The van der Waals surface area contributed by atoms with Crippen molar-refractivity contribution in [1.29, 1.82) is 5.26 Å². The Labute approximate surface area is 113 Å². The number of anilines is 1. The lowest BCUT2D eigenvalue weighted by Crippen LogP contribution is -2.32. The Kier molecular flexibility index (Phi) is 4.46. The van der Waals surface area contributed by atoms with Gasteiger partial charge in [0.05, 0.1) is 16.3 Å². The van der Waals surface area contributed by atoms with Crippen molar-refractivity contribution in [3.05, 3.63) is 28.8 Å². The summed E-state index contributed by atoms with van der Waals surface area (Å²) >= 11 is 6.08. The Balaban J connectivity index is 2.25. The smallest absolute Gasteiger partial charge is 0.103 e. The largest absolute Gasteiger partial charge is 0.370 e. The van der Waals surface area contributed by atoms with Gasteiger partial charge < -0.3 is 10.2 Å². The van der Waals surface area contributed by atoms with Gasteiger partial charge in [0, 0.05) is 13.1 Å². The van der Waals surface area contributed by atoms with E-state index in [0.717, 1.165) is 31.6 Å². The summed E-state index contributed by atoms with van der Waals surface area (Å²) in [5, 5.41) is 13.2. The third-order valence-corrected chi connectivity index (χ3v) is 3.89. The maximum atomic E-state index is 9.23. The van der Waals surface area contributed by atoms with Crippen LogP contribution in [0.4, 0.5) is 5.69 Å². The van der Waals surface area contributed by atoms with Crippen LogP contribution >= 0.6 is 11.6 Å². The van der Waals surface area contributed by atoms with E-state index in [9.17, 15) is 5.26 Å². The fourth-order valence-corrected chi connectivity index (χ4v) is 2.71. The van der Waals surface area contributed by atoms with Gasteiger partial charge in [0.2, 0.25) is 0 Å². The normalized spacial score (nSPS) is 19.9. The second kappa shape index (κ2) is 6.08. The molecule has 1 saturated heterocycles. The molecule has 0 amide bonds. The van der Waals surface area contributed by atoms with Crippen molar-refractivity contribution in [1.82, 2.24) is 5.32 Å². The molecule has 0 aliphatic carbocycles. The van der Waals surface area contributed by atoms with E-state index in [0.29, 0.717) is 16.6 Å². The molecular formula is C14H18ClN3. The van der Waals surface area contributed by atoms with Crippen LogP contribution in [-0.2, 0) is 0 Å². The van der Waals surface area contributed by atoms with Crippen LogP contribution in [0, 0.1) is 11.3 Å². The number of halogens is 1. The summed E-state index contributed by atoms with van der Waals surface area (Å²) in [4.78, 5) is 2.21. The van der Waals surface area contributed by atoms with Crippen molar-refractivity contribution in [2.24, 2.45) is 0 Å². The van der Waals surface area contributed by atoms with Crippen molar-refractivity contribution in [2.75, 3.05) is 25.0 Å². The summed E-state index contributed by atoms with van der Waals surface area (Å²) in [5.41, 5.74) is 1.52. The molecule has 1 fully saturated rings. The molecule has 1 aromatic rings. The standard InChI is InChI=1S/C14H18ClN3/c1-18(11-4-3-8-17-9-7-11)14-6-2-5-13(15)12(14)10-16/h2,5-6,11,17H,3-4,7-9H2,1H3. The first-order chi connectivity index (χ1) is 8.74. The fourth-order valence-electron chi connectivity index (χ4n) is 2.50. The zero-order valence-corrected chi connectivity index (χ0v) is 11.4. The second-order valence-corrected chi connectivity index (χ2v) is 5.10. The molecule has 0 saturated carbocycles. The van der Waals surface area contributed by atoms with E-state index in [1.165, 1.54) is 6.42 Å². The van der Waals surface area contributed by atoms with Crippen LogP contribution in [-0.4, -0.2) is 26.2 Å². The molecule has 18 heavy (non-hydrogen) atoms. The monoisotopic (exact) mass is 263 g/mol. The highest BCUT2D eigenvalue weighted by molar-refractivity contribution is 6.32. The van der Waals surface area contributed by atoms with Gasteiger partial charge in [-0.25, -0.2) is 0 Å². The Bertz CT molecular complexity index is 445. The van der Waals surface area contributed by atoms with Gasteiger partial charge in [-0.3, -0.25) is 0 Å². The van der Waals surface area contributed by atoms with Crippen molar-refractivity contribution in [3.63, 3.8) is 0 Å². The Morgan fingerprint density at radius 2 is 2.22 bits per heavy atom. The third-order valence-electron chi connectivity index (χ3n) is 3.58. The van der Waals surface area contributed by atoms with E-state index in [1.807, 2.05) is 12.1 Å². The molecule has 2 rings (SSSR count). The third kappa shape index (κ3) is 2.77. The summed E-state index contributed by atoms with van der Waals surface area (Å²) in [6, 6.07) is 8.34. The first kappa shape index (κ1) is 13.2. The minimum Gasteiger partial charge on any atom is -0.370 e. The van der Waals surface area contributed by atoms with Crippen LogP contribution in [0.2, 0.25) is 5.02 Å². The molecule has 1 heterocycles. The van der Waals surface area contributed by atoms with Crippen LogP contribution in [0.1, 0.15) is 24.8 Å². The molecule has 1 atom stereocenters. The van der Waals surface area contributed by atoms with E-state index in [4.69, 9.17) is 11.6 Å². The molecule has 3 nitrogen and oxygen atoms in total. The van der Waals surface area contributed by atoms with Crippen molar-refractivity contribution in [2.45, 2.75) is 25.3 Å². The Morgan fingerprint density at radius 1 is 1.39 bits per heavy atom. The SMILES string of the molecule is CN(c1cccc(Cl)c1C#N)C1CCCNCC1. The highest BCUT2D eigenvalue weighted by Gasteiger charge is 2.20. The summed E-state index contributed by atoms with van der Waals surface area (Å²) < 4.78 is 0. The first-order valence-electron chi connectivity index (χ1n) is 6.36. The van der Waals surface area contributed by atoms with Gasteiger partial charge in [0.25, 0.3) is 0 Å². The van der Waals surface area contributed by atoms with E-state index >= 15 is 0 Å². The topological polar surface area (TPSA) is 39.1 Å². The van der Waals surface area contributed by atoms with Crippen LogP contribution in [0.25, 0.3) is 0 Å². The number of nitrogens with zero attached hydrogens (tertiary/aromatic N) is 2. The summed E-state index contributed by atoms with van der Waals surface area (Å²) in [6.07, 6.45) is 3.44.